The normalized spacial score (nSPS) is 23.0. The highest BCUT2D eigenvalue weighted by molar-refractivity contribution is 5.86. The molecule has 1 atom stereocenters. The van der Waals surface area contributed by atoms with E-state index in [1.54, 1.807) is 6.08 Å². The zero-order chi connectivity index (χ0) is 13.2. The smallest absolute Gasteiger partial charge is 0.344 e. The van der Waals surface area contributed by atoms with Crippen LogP contribution in [0.1, 0.15) is 12.0 Å². The third-order valence-electron chi connectivity index (χ3n) is 3.01. The number of rotatable bonds is 3. The topological polar surface area (TPSA) is 66.8 Å². The molecule has 1 aromatic rings. The third-order valence-corrected chi connectivity index (χ3v) is 3.01. The fourth-order valence-corrected chi connectivity index (χ4v) is 2.00. The van der Waals surface area contributed by atoms with Gasteiger partial charge in [0.1, 0.15) is 5.76 Å². The Balaban J connectivity index is 2.41. The quantitative estimate of drug-likeness (QED) is 0.853. The minimum atomic E-state index is -1.99. The van der Waals surface area contributed by atoms with E-state index < -0.39 is 11.6 Å². The molecule has 0 saturated heterocycles. The SMILES string of the molecule is COC1=CC=C(c2ccccc2)CC1(O)C(=O)O. The third kappa shape index (κ3) is 2.02. The molecular formula is C14H14O4. The zero-order valence-electron chi connectivity index (χ0n) is 9.96. The number of benzene rings is 1. The monoisotopic (exact) mass is 246 g/mol. The molecule has 0 radical (unpaired) electrons. The van der Waals surface area contributed by atoms with Gasteiger partial charge in [0.05, 0.1) is 7.11 Å². The standard InChI is InChI=1S/C14H14O4/c1-18-12-8-7-11(9-14(12,17)13(15)16)10-5-3-2-4-6-10/h2-8,17H,9H2,1H3,(H,15,16). The highest BCUT2D eigenvalue weighted by Gasteiger charge is 2.43. The van der Waals surface area contributed by atoms with Crippen molar-refractivity contribution in [2.75, 3.05) is 7.11 Å². The molecule has 0 bridgehead atoms. The number of allylic oxidation sites excluding steroid dienone is 2. The summed E-state index contributed by atoms with van der Waals surface area (Å²) < 4.78 is 4.94. The molecule has 18 heavy (non-hydrogen) atoms. The zero-order valence-corrected chi connectivity index (χ0v) is 9.96. The molecule has 0 fully saturated rings. The first-order valence-electron chi connectivity index (χ1n) is 5.54. The van der Waals surface area contributed by atoms with Crippen LogP contribution in [0.25, 0.3) is 5.57 Å². The van der Waals surface area contributed by atoms with Crippen LogP contribution in [0.15, 0.2) is 48.2 Å². The summed E-state index contributed by atoms with van der Waals surface area (Å²) in [6.07, 6.45) is 3.26. The van der Waals surface area contributed by atoms with E-state index in [1.807, 2.05) is 30.3 Å². The van der Waals surface area contributed by atoms with E-state index in [1.165, 1.54) is 13.2 Å². The van der Waals surface area contributed by atoms with Crippen LogP contribution in [0, 0.1) is 0 Å². The number of carboxylic acid groups (broad SMARTS) is 1. The summed E-state index contributed by atoms with van der Waals surface area (Å²) >= 11 is 0. The Kier molecular flexibility index (Phi) is 3.21. The molecular weight excluding hydrogens is 232 g/mol. The van der Waals surface area contributed by atoms with Gasteiger partial charge in [0.25, 0.3) is 0 Å². The van der Waals surface area contributed by atoms with Gasteiger partial charge >= 0.3 is 5.97 Å². The van der Waals surface area contributed by atoms with Crippen molar-refractivity contribution in [1.29, 1.82) is 0 Å². The Morgan fingerprint density at radius 3 is 2.50 bits per heavy atom. The van der Waals surface area contributed by atoms with Crippen molar-refractivity contribution < 1.29 is 19.7 Å². The summed E-state index contributed by atoms with van der Waals surface area (Å²) in [6.45, 7) is 0. The predicted octanol–water partition coefficient (Wildman–Crippen LogP) is 1.82. The highest BCUT2D eigenvalue weighted by atomic mass is 16.5. The van der Waals surface area contributed by atoms with Gasteiger partial charge in [-0.25, -0.2) is 4.79 Å². The fourth-order valence-electron chi connectivity index (χ4n) is 2.00. The number of hydrogen-bond donors (Lipinski definition) is 2. The first-order valence-corrected chi connectivity index (χ1v) is 5.54. The van der Waals surface area contributed by atoms with E-state index >= 15 is 0 Å². The van der Waals surface area contributed by atoms with Crippen LogP contribution in [0.3, 0.4) is 0 Å². The average Bonchev–Trinajstić information content (AvgIpc) is 2.39. The molecule has 0 amide bonds. The van der Waals surface area contributed by atoms with E-state index in [4.69, 9.17) is 9.84 Å². The van der Waals surface area contributed by atoms with E-state index in [2.05, 4.69) is 0 Å². The van der Waals surface area contributed by atoms with Crippen LogP contribution in [-0.2, 0) is 9.53 Å². The second-order valence-corrected chi connectivity index (χ2v) is 4.14. The van der Waals surface area contributed by atoms with Crippen molar-refractivity contribution in [3.8, 4) is 0 Å². The van der Waals surface area contributed by atoms with Crippen molar-refractivity contribution >= 4 is 11.5 Å². The Morgan fingerprint density at radius 1 is 1.28 bits per heavy atom. The molecule has 1 aromatic carbocycles. The summed E-state index contributed by atoms with van der Waals surface area (Å²) in [5, 5.41) is 19.4. The average molecular weight is 246 g/mol. The maximum absolute atomic E-state index is 11.2. The lowest BCUT2D eigenvalue weighted by molar-refractivity contribution is -0.157. The van der Waals surface area contributed by atoms with Crippen molar-refractivity contribution in [2.45, 2.75) is 12.0 Å². The van der Waals surface area contributed by atoms with E-state index in [9.17, 15) is 9.90 Å². The molecule has 2 rings (SSSR count). The molecule has 1 unspecified atom stereocenters. The lowest BCUT2D eigenvalue weighted by Crippen LogP contribution is -2.42. The molecule has 0 saturated carbocycles. The number of hydrogen-bond acceptors (Lipinski definition) is 3. The maximum Gasteiger partial charge on any atom is 0.344 e. The van der Waals surface area contributed by atoms with Gasteiger partial charge in [-0.3, -0.25) is 0 Å². The van der Waals surface area contributed by atoms with E-state index in [0.29, 0.717) is 0 Å². The Hall–Kier alpha value is -2.07. The lowest BCUT2D eigenvalue weighted by atomic mass is 9.85. The molecule has 4 heteroatoms. The number of aliphatic hydroxyl groups is 1. The van der Waals surface area contributed by atoms with Crippen LogP contribution in [0.2, 0.25) is 0 Å². The van der Waals surface area contributed by atoms with Gasteiger partial charge in [0.2, 0.25) is 5.60 Å². The number of carbonyl (C=O) groups is 1. The van der Waals surface area contributed by atoms with Crippen LogP contribution in [0.4, 0.5) is 0 Å². The van der Waals surface area contributed by atoms with Crippen LogP contribution >= 0.6 is 0 Å². The van der Waals surface area contributed by atoms with Gasteiger partial charge in [0, 0.05) is 6.42 Å². The van der Waals surface area contributed by atoms with Crippen LogP contribution in [0.5, 0.6) is 0 Å². The number of aliphatic carboxylic acids is 1. The molecule has 0 aliphatic heterocycles. The minimum absolute atomic E-state index is 0.00792. The first kappa shape index (κ1) is 12.4. The first-order chi connectivity index (χ1) is 8.58. The summed E-state index contributed by atoms with van der Waals surface area (Å²) in [5.74, 6) is -1.26. The summed E-state index contributed by atoms with van der Waals surface area (Å²) in [4.78, 5) is 11.2. The molecule has 4 nitrogen and oxygen atoms in total. The van der Waals surface area contributed by atoms with Crippen molar-refractivity contribution in [2.24, 2.45) is 0 Å². The highest BCUT2D eigenvalue weighted by Crippen LogP contribution is 2.35. The van der Waals surface area contributed by atoms with Gasteiger partial charge in [0.15, 0.2) is 0 Å². The van der Waals surface area contributed by atoms with Crippen molar-refractivity contribution in [1.82, 2.24) is 0 Å². The van der Waals surface area contributed by atoms with Gasteiger partial charge in [-0.05, 0) is 17.2 Å². The lowest BCUT2D eigenvalue weighted by Gasteiger charge is -2.29. The summed E-state index contributed by atoms with van der Waals surface area (Å²) in [5.41, 5.74) is -0.334. The molecule has 0 spiro atoms. The second-order valence-electron chi connectivity index (χ2n) is 4.14. The van der Waals surface area contributed by atoms with E-state index in [-0.39, 0.29) is 12.2 Å². The fraction of sp³-hybridized carbons (Fsp3) is 0.214. The van der Waals surface area contributed by atoms with Crippen LogP contribution < -0.4 is 0 Å². The summed E-state index contributed by atoms with van der Waals surface area (Å²) in [6, 6.07) is 9.36. The molecule has 0 aromatic heterocycles. The van der Waals surface area contributed by atoms with Gasteiger partial charge in [-0.15, -0.1) is 0 Å². The maximum atomic E-state index is 11.2. The Labute approximate surface area is 105 Å². The molecule has 94 valence electrons. The molecule has 0 heterocycles. The molecule has 1 aliphatic carbocycles. The number of methoxy groups -OCH3 is 1. The summed E-state index contributed by atoms with van der Waals surface area (Å²) in [7, 11) is 1.35. The Bertz CT molecular complexity index is 516. The minimum Gasteiger partial charge on any atom is -0.497 e. The largest absolute Gasteiger partial charge is 0.497 e. The van der Waals surface area contributed by atoms with Gasteiger partial charge < -0.3 is 14.9 Å². The van der Waals surface area contributed by atoms with Crippen molar-refractivity contribution in [3.63, 3.8) is 0 Å². The van der Waals surface area contributed by atoms with Crippen LogP contribution in [-0.4, -0.2) is 28.9 Å². The number of carboxylic acids is 1. The van der Waals surface area contributed by atoms with Gasteiger partial charge in [-0.2, -0.15) is 0 Å². The molecule has 1 aliphatic rings. The predicted molar refractivity (Wildman–Crippen MR) is 66.7 cm³/mol. The van der Waals surface area contributed by atoms with E-state index in [0.717, 1.165) is 11.1 Å². The van der Waals surface area contributed by atoms with Crippen molar-refractivity contribution in [3.05, 3.63) is 53.8 Å². The molecule has 2 N–H and O–H groups in total. The number of ether oxygens (including phenoxy) is 1. The van der Waals surface area contributed by atoms with Gasteiger partial charge in [-0.1, -0.05) is 36.4 Å². The Morgan fingerprint density at radius 2 is 1.94 bits per heavy atom. The second kappa shape index (κ2) is 4.66.